The third kappa shape index (κ3) is 2.85. The molecule has 0 fully saturated rings. The number of hydrogen-bond donors (Lipinski definition) is 1. The number of nitrogens with zero attached hydrogens (tertiary/aromatic N) is 3. The van der Waals surface area contributed by atoms with Crippen LogP contribution in [-0.2, 0) is 6.42 Å². The van der Waals surface area contributed by atoms with E-state index >= 15 is 0 Å². The number of hydrogen-bond acceptors (Lipinski definition) is 3. The lowest BCUT2D eigenvalue weighted by molar-refractivity contribution is 0.168. The number of benzene rings is 1. The van der Waals surface area contributed by atoms with Gasteiger partial charge in [-0.1, -0.05) is 0 Å². The van der Waals surface area contributed by atoms with Crippen molar-refractivity contribution in [3.8, 4) is 0 Å². The summed E-state index contributed by atoms with van der Waals surface area (Å²) in [5, 5.41) is 14.2. The van der Waals surface area contributed by atoms with Crippen molar-refractivity contribution in [1.29, 1.82) is 0 Å². The second-order valence-electron chi connectivity index (χ2n) is 5.06. The van der Waals surface area contributed by atoms with Gasteiger partial charge in [0.25, 0.3) is 0 Å². The van der Waals surface area contributed by atoms with Crippen molar-refractivity contribution in [1.82, 2.24) is 14.8 Å². The normalized spacial score (nSPS) is 12.9. The fourth-order valence-electron chi connectivity index (χ4n) is 2.07. The van der Waals surface area contributed by atoms with Crippen molar-refractivity contribution in [2.75, 3.05) is 0 Å². The molecule has 1 aromatic heterocycles. The Balaban J connectivity index is 2.26. The highest BCUT2D eigenvalue weighted by molar-refractivity contribution is 5.27. The van der Waals surface area contributed by atoms with Crippen LogP contribution < -0.4 is 0 Å². The molecule has 0 aliphatic rings. The second-order valence-corrected chi connectivity index (χ2v) is 5.06. The van der Waals surface area contributed by atoms with Crippen LogP contribution in [0.4, 0.5) is 8.78 Å². The Labute approximate surface area is 116 Å². The maximum Gasteiger partial charge on any atom is 0.138 e. The van der Waals surface area contributed by atoms with Crippen molar-refractivity contribution in [3.63, 3.8) is 0 Å². The van der Waals surface area contributed by atoms with Gasteiger partial charge in [-0.25, -0.2) is 18.4 Å². The van der Waals surface area contributed by atoms with Gasteiger partial charge < -0.3 is 5.11 Å². The predicted octanol–water partition coefficient (Wildman–Crippen LogP) is 2.72. The van der Waals surface area contributed by atoms with Crippen molar-refractivity contribution >= 4 is 0 Å². The summed E-state index contributed by atoms with van der Waals surface area (Å²) in [6, 6.07) is 2.21. The number of rotatable bonds is 4. The third-order valence-electron chi connectivity index (χ3n) is 3.15. The first-order valence-electron chi connectivity index (χ1n) is 6.42. The Kier molecular flexibility index (Phi) is 4.13. The zero-order valence-corrected chi connectivity index (χ0v) is 11.6. The highest BCUT2D eigenvalue weighted by Crippen LogP contribution is 2.23. The lowest BCUT2D eigenvalue weighted by Gasteiger charge is -2.15. The molecule has 0 bridgehead atoms. The number of aliphatic hydroxyl groups is 1. The molecule has 0 spiro atoms. The van der Waals surface area contributed by atoms with Gasteiger partial charge in [0.2, 0.25) is 0 Å². The van der Waals surface area contributed by atoms with Crippen LogP contribution in [0.2, 0.25) is 0 Å². The maximum absolute atomic E-state index is 13.7. The summed E-state index contributed by atoms with van der Waals surface area (Å²) in [5.41, 5.74) is 0.369. The summed E-state index contributed by atoms with van der Waals surface area (Å²) in [4.78, 5) is 4.07. The minimum Gasteiger partial charge on any atom is -0.388 e. The van der Waals surface area contributed by atoms with Gasteiger partial charge in [0, 0.05) is 24.1 Å². The number of aromatic nitrogens is 3. The van der Waals surface area contributed by atoms with E-state index in [0.717, 1.165) is 6.07 Å². The molecule has 1 atom stereocenters. The van der Waals surface area contributed by atoms with Gasteiger partial charge in [-0.05, 0) is 32.4 Å². The van der Waals surface area contributed by atoms with E-state index in [1.54, 1.807) is 4.68 Å². The minimum absolute atomic E-state index is 0.0715. The van der Waals surface area contributed by atoms with E-state index in [0.29, 0.717) is 11.4 Å². The number of aliphatic hydroxyl groups excluding tert-OH is 1. The average molecular weight is 281 g/mol. The van der Waals surface area contributed by atoms with Crippen LogP contribution >= 0.6 is 0 Å². The van der Waals surface area contributed by atoms with E-state index in [4.69, 9.17) is 0 Å². The topological polar surface area (TPSA) is 50.9 Å². The van der Waals surface area contributed by atoms with Crippen molar-refractivity contribution in [2.45, 2.75) is 39.3 Å². The third-order valence-corrected chi connectivity index (χ3v) is 3.15. The van der Waals surface area contributed by atoms with E-state index in [2.05, 4.69) is 10.1 Å². The predicted molar refractivity (Wildman–Crippen MR) is 70.2 cm³/mol. The van der Waals surface area contributed by atoms with Gasteiger partial charge in [-0.2, -0.15) is 5.10 Å². The molecule has 1 N–H and O–H groups in total. The molecule has 6 heteroatoms. The van der Waals surface area contributed by atoms with Crippen LogP contribution in [0.25, 0.3) is 0 Å². The van der Waals surface area contributed by atoms with Gasteiger partial charge in [-0.3, -0.25) is 0 Å². The molecule has 2 rings (SSSR count). The quantitative estimate of drug-likeness (QED) is 0.937. The monoisotopic (exact) mass is 281 g/mol. The first-order chi connectivity index (χ1) is 9.40. The summed E-state index contributed by atoms with van der Waals surface area (Å²) in [6.45, 7) is 5.40. The van der Waals surface area contributed by atoms with Crippen molar-refractivity contribution < 1.29 is 13.9 Å². The van der Waals surface area contributed by atoms with Gasteiger partial charge in [-0.15, -0.1) is 0 Å². The molecule has 0 aliphatic carbocycles. The molecule has 20 heavy (non-hydrogen) atoms. The molecule has 0 saturated carbocycles. The Bertz CT molecular complexity index is 610. The van der Waals surface area contributed by atoms with Crippen LogP contribution in [-0.4, -0.2) is 19.9 Å². The Morgan fingerprint density at radius 2 is 1.95 bits per heavy atom. The highest BCUT2D eigenvalue weighted by atomic mass is 19.1. The molecular weight excluding hydrogens is 264 g/mol. The summed E-state index contributed by atoms with van der Waals surface area (Å²) < 4.78 is 28.6. The molecule has 1 heterocycles. The molecule has 2 aromatic rings. The zero-order valence-electron chi connectivity index (χ0n) is 11.6. The lowest BCUT2D eigenvalue weighted by atomic mass is 10.0. The van der Waals surface area contributed by atoms with Gasteiger partial charge >= 0.3 is 0 Å². The summed E-state index contributed by atoms with van der Waals surface area (Å²) in [5.74, 6) is -0.811. The van der Waals surface area contributed by atoms with Gasteiger partial charge in [0.05, 0.1) is 6.10 Å². The fourth-order valence-corrected chi connectivity index (χ4v) is 2.07. The van der Waals surface area contributed by atoms with Crippen LogP contribution in [0.15, 0.2) is 18.5 Å². The Hall–Kier alpha value is -1.82. The first-order valence-corrected chi connectivity index (χ1v) is 6.42. The SMILES string of the molecule is Cc1cc(C(O)Cc2ncnn2C(C)C)c(F)cc1F. The van der Waals surface area contributed by atoms with E-state index in [1.165, 1.54) is 19.3 Å². The van der Waals surface area contributed by atoms with Crippen LogP contribution in [0, 0.1) is 18.6 Å². The molecule has 0 aliphatic heterocycles. The molecule has 4 nitrogen and oxygen atoms in total. The largest absolute Gasteiger partial charge is 0.388 e. The molecule has 108 valence electrons. The van der Waals surface area contributed by atoms with E-state index in [1.807, 2.05) is 13.8 Å². The van der Waals surface area contributed by atoms with Crippen molar-refractivity contribution in [3.05, 3.63) is 47.0 Å². The summed E-state index contributed by atoms with van der Waals surface area (Å²) in [6.07, 6.45) is 0.435. The second kappa shape index (κ2) is 5.66. The van der Waals surface area contributed by atoms with Gasteiger partial charge in [0.1, 0.15) is 23.8 Å². The molecule has 1 unspecified atom stereocenters. The molecule has 0 radical (unpaired) electrons. The summed E-state index contributed by atoms with van der Waals surface area (Å²) in [7, 11) is 0. The van der Waals surface area contributed by atoms with Crippen LogP contribution in [0.5, 0.6) is 0 Å². The maximum atomic E-state index is 13.7. The van der Waals surface area contributed by atoms with Crippen LogP contribution in [0.3, 0.4) is 0 Å². The van der Waals surface area contributed by atoms with E-state index in [9.17, 15) is 13.9 Å². The van der Waals surface area contributed by atoms with E-state index < -0.39 is 17.7 Å². The minimum atomic E-state index is -1.09. The van der Waals surface area contributed by atoms with E-state index in [-0.39, 0.29) is 18.0 Å². The molecule has 0 saturated heterocycles. The molecule has 0 amide bonds. The van der Waals surface area contributed by atoms with Gasteiger partial charge in [0.15, 0.2) is 0 Å². The zero-order chi connectivity index (χ0) is 14.9. The number of aryl methyl sites for hydroxylation is 1. The Morgan fingerprint density at radius 3 is 2.60 bits per heavy atom. The first kappa shape index (κ1) is 14.6. The number of halogens is 2. The molecule has 1 aromatic carbocycles. The standard InChI is InChI=1S/C14H17F2N3O/c1-8(2)19-14(17-7-18-19)6-13(20)10-4-9(3)11(15)5-12(10)16/h4-5,7-8,13,20H,6H2,1-3H3. The molecular formula is C14H17F2N3O. The van der Waals surface area contributed by atoms with Crippen molar-refractivity contribution in [2.24, 2.45) is 0 Å². The fraction of sp³-hybridized carbons (Fsp3) is 0.429. The highest BCUT2D eigenvalue weighted by Gasteiger charge is 2.19. The smallest absolute Gasteiger partial charge is 0.138 e. The Morgan fingerprint density at radius 1 is 1.25 bits per heavy atom. The lowest BCUT2D eigenvalue weighted by Crippen LogP contribution is -2.13. The van der Waals surface area contributed by atoms with Crippen LogP contribution in [0.1, 0.15) is 42.9 Å². The average Bonchev–Trinajstić information content (AvgIpc) is 2.81. The summed E-state index contributed by atoms with van der Waals surface area (Å²) >= 11 is 0.